The fourth-order valence-corrected chi connectivity index (χ4v) is 1.09. The van der Waals surface area contributed by atoms with Gasteiger partial charge in [0.05, 0.1) is 12.7 Å². The molecule has 0 aliphatic heterocycles. The third-order valence-electron chi connectivity index (χ3n) is 1.68. The SMILES string of the molecule is COc1cccc(C=O)c1OC(=O)CCl. The van der Waals surface area contributed by atoms with Crippen molar-refractivity contribution < 1.29 is 19.1 Å². The lowest BCUT2D eigenvalue weighted by atomic mass is 10.2. The highest BCUT2D eigenvalue weighted by Gasteiger charge is 2.13. The molecule has 1 aromatic carbocycles. The predicted molar refractivity (Wildman–Crippen MR) is 54.7 cm³/mol. The Morgan fingerprint density at radius 3 is 2.80 bits per heavy atom. The maximum Gasteiger partial charge on any atom is 0.326 e. The summed E-state index contributed by atoms with van der Waals surface area (Å²) in [6.45, 7) is 0. The Kier molecular flexibility index (Phi) is 4.12. The minimum atomic E-state index is -0.635. The molecular formula is C10H9ClO4. The Morgan fingerprint density at radius 2 is 2.27 bits per heavy atom. The van der Waals surface area contributed by atoms with Crippen LogP contribution in [0.4, 0.5) is 0 Å². The Balaban J connectivity index is 3.10. The molecule has 0 fully saturated rings. The highest BCUT2D eigenvalue weighted by Crippen LogP contribution is 2.30. The Bertz CT molecular complexity index is 376. The quantitative estimate of drug-likeness (QED) is 0.340. The lowest BCUT2D eigenvalue weighted by Crippen LogP contribution is -2.11. The van der Waals surface area contributed by atoms with E-state index >= 15 is 0 Å². The first-order chi connectivity index (χ1) is 7.22. The molecule has 1 rings (SSSR count). The first kappa shape index (κ1) is 11.5. The van der Waals surface area contributed by atoms with Crippen LogP contribution in [-0.4, -0.2) is 25.2 Å². The molecule has 0 bridgehead atoms. The van der Waals surface area contributed by atoms with Gasteiger partial charge in [-0.15, -0.1) is 11.6 Å². The molecule has 80 valence electrons. The normalized spacial score (nSPS) is 9.47. The average molecular weight is 229 g/mol. The van der Waals surface area contributed by atoms with Gasteiger partial charge in [-0.3, -0.25) is 9.59 Å². The summed E-state index contributed by atoms with van der Waals surface area (Å²) in [5.41, 5.74) is 0.243. The van der Waals surface area contributed by atoms with Gasteiger partial charge in [0.25, 0.3) is 0 Å². The minimum Gasteiger partial charge on any atom is -0.493 e. The summed E-state index contributed by atoms with van der Waals surface area (Å²) in [4.78, 5) is 21.7. The van der Waals surface area contributed by atoms with E-state index in [1.807, 2.05) is 0 Å². The van der Waals surface area contributed by atoms with Gasteiger partial charge in [-0.1, -0.05) is 6.07 Å². The molecule has 0 aromatic heterocycles. The number of benzene rings is 1. The van der Waals surface area contributed by atoms with Crippen LogP contribution in [0.3, 0.4) is 0 Å². The molecule has 0 saturated carbocycles. The molecule has 5 heteroatoms. The van der Waals surface area contributed by atoms with Crippen molar-refractivity contribution in [1.82, 2.24) is 0 Å². The van der Waals surface area contributed by atoms with Gasteiger partial charge in [-0.2, -0.15) is 0 Å². The molecule has 0 aliphatic rings. The van der Waals surface area contributed by atoms with Crippen molar-refractivity contribution in [2.75, 3.05) is 13.0 Å². The molecule has 0 spiro atoms. The zero-order valence-electron chi connectivity index (χ0n) is 8.03. The van der Waals surface area contributed by atoms with Gasteiger partial charge in [0, 0.05) is 0 Å². The van der Waals surface area contributed by atoms with Crippen molar-refractivity contribution >= 4 is 23.9 Å². The fourth-order valence-electron chi connectivity index (χ4n) is 1.04. The molecule has 0 unspecified atom stereocenters. The van der Waals surface area contributed by atoms with Crippen LogP contribution in [0, 0.1) is 0 Å². The molecule has 4 nitrogen and oxygen atoms in total. The van der Waals surface area contributed by atoms with E-state index in [1.165, 1.54) is 13.2 Å². The molecular weight excluding hydrogens is 220 g/mol. The van der Waals surface area contributed by atoms with E-state index in [-0.39, 0.29) is 17.2 Å². The molecule has 0 aliphatic carbocycles. The minimum absolute atomic E-state index is 0.0978. The van der Waals surface area contributed by atoms with Gasteiger partial charge in [-0.05, 0) is 12.1 Å². The smallest absolute Gasteiger partial charge is 0.326 e. The van der Waals surface area contributed by atoms with Crippen LogP contribution in [0.15, 0.2) is 18.2 Å². The molecule has 0 N–H and O–H groups in total. The summed E-state index contributed by atoms with van der Waals surface area (Å²) in [7, 11) is 1.42. The molecule has 0 amide bonds. The Hall–Kier alpha value is -1.55. The monoisotopic (exact) mass is 228 g/mol. The van der Waals surface area contributed by atoms with Gasteiger partial charge in [0.1, 0.15) is 5.88 Å². The number of halogens is 1. The number of hydrogen-bond acceptors (Lipinski definition) is 4. The van der Waals surface area contributed by atoms with Gasteiger partial charge in [-0.25, -0.2) is 0 Å². The highest BCUT2D eigenvalue weighted by atomic mass is 35.5. The number of carbonyl (C=O) groups is 2. The largest absolute Gasteiger partial charge is 0.493 e. The number of para-hydroxylation sites is 1. The lowest BCUT2D eigenvalue weighted by molar-refractivity contribution is -0.131. The van der Waals surface area contributed by atoms with Gasteiger partial charge >= 0.3 is 5.97 Å². The average Bonchev–Trinajstić information content (AvgIpc) is 2.29. The number of rotatable bonds is 4. The van der Waals surface area contributed by atoms with E-state index < -0.39 is 5.97 Å². The van der Waals surface area contributed by atoms with E-state index in [1.54, 1.807) is 12.1 Å². The summed E-state index contributed by atoms with van der Waals surface area (Å²) in [5.74, 6) is -0.501. The van der Waals surface area contributed by atoms with E-state index in [4.69, 9.17) is 21.1 Å². The second-order valence-corrected chi connectivity index (χ2v) is 2.87. The summed E-state index contributed by atoms with van der Waals surface area (Å²) in [6.07, 6.45) is 0.583. The van der Waals surface area contributed by atoms with Crippen LogP contribution in [0.25, 0.3) is 0 Å². The summed E-state index contributed by atoms with van der Waals surface area (Å²) >= 11 is 5.29. The van der Waals surface area contributed by atoms with Crippen LogP contribution < -0.4 is 9.47 Å². The van der Waals surface area contributed by atoms with Crippen LogP contribution in [0.1, 0.15) is 10.4 Å². The van der Waals surface area contributed by atoms with E-state index in [9.17, 15) is 9.59 Å². The molecule has 0 saturated heterocycles. The van der Waals surface area contributed by atoms with Gasteiger partial charge in [0.15, 0.2) is 17.8 Å². The number of ether oxygens (including phenoxy) is 2. The summed E-state index contributed by atoms with van der Waals surface area (Å²) < 4.78 is 9.83. The zero-order chi connectivity index (χ0) is 11.3. The second kappa shape index (κ2) is 5.36. The van der Waals surface area contributed by atoms with E-state index in [0.717, 1.165) is 0 Å². The summed E-state index contributed by atoms with van der Waals surface area (Å²) in [6, 6.07) is 4.73. The molecule has 0 atom stereocenters. The topological polar surface area (TPSA) is 52.6 Å². The number of esters is 1. The van der Waals surface area contributed by atoms with Crippen LogP contribution in [-0.2, 0) is 4.79 Å². The number of aldehydes is 1. The Labute approximate surface area is 91.7 Å². The van der Waals surface area contributed by atoms with Crippen LogP contribution in [0.2, 0.25) is 0 Å². The number of methoxy groups -OCH3 is 1. The van der Waals surface area contributed by atoms with Crippen molar-refractivity contribution in [3.05, 3.63) is 23.8 Å². The molecule has 0 heterocycles. The number of alkyl halides is 1. The Morgan fingerprint density at radius 1 is 1.53 bits per heavy atom. The maximum atomic E-state index is 11.0. The van der Waals surface area contributed by atoms with Crippen molar-refractivity contribution in [1.29, 1.82) is 0 Å². The third kappa shape index (κ3) is 2.70. The highest BCUT2D eigenvalue weighted by molar-refractivity contribution is 6.26. The van der Waals surface area contributed by atoms with Crippen molar-refractivity contribution in [2.45, 2.75) is 0 Å². The van der Waals surface area contributed by atoms with Gasteiger partial charge in [0.2, 0.25) is 0 Å². The summed E-state index contributed by atoms with van der Waals surface area (Å²) in [5, 5.41) is 0. The van der Waals surface area contributed by atoms with Crippen molar-refractivity contribution in [2.24, 2.45) is 0 Å². The number of carbonyl (C=O) groups excluding carboxylic acids is 2. The van der Waals surface area contributed by atoms with Crippen LogP contribution in [0.5, 0.6) is 11.5 Å². The van der Waals surface area contributed by atoms with Crippen molar-refractivity contribution in [3.63, 3.8) is 0 Å². The lowest BCUT2D eigenvalue weighted by Gasteiger charge is -2.09. The predicted octanol–water partition coefficient (Wildman–Crippen LogP) is 1.65. The third-order valence-corrected chi connectivity index (χ3v) is 1.90. The standard InChI is InChI=1S/C10H9ClO4/c1-14-8-4-2-3-7(6-12)10(8)15-9(13)5-11/h2-4,6H,5H2,1H3. The molecule has 0 radical (unpaired) electrons. The first-order valence-corrected chi connectivity index (χ1v) is 4.65. The van der Waals surface area contributed by atoms with Crippen LogP contribution >= 0.6 is 11.6 Å². The van der Waals surface area contributed by atoms with E-state index in [2.05, 4.69) is 0 Å². The van der Waals surface area contributed by atoms with Gasteiger partial charge < -0.3 is 9.47 Å². The van der Waals surface area contributed by atoms with Crippen molar-refractivity contribution in [3.8, 4) is 11.5 Å². The number of hydrogen-bond donors (Lipinski definition) is 0. The maximum absolute atomic E-state index is 11.0. The second-order valence-electron chi connectivity index (χ2n) is 2.60. The van der Waals surface area contributed by atoms with E-state index in [0.29, 0.717) is 12.0 Å². The molecule has 15 heavy (non-hydrogen) atoms. The fraction of sp³-hybridized carbons (Fsp3) is 0.200. The molecule has 1 aromatic rings. The first-order valence-electron chi connectivity index (χ1n) is 4.11. The zero-order valence-corrected chi connectivity index (χ0v) is 8.78.